The van der Waals surface area contributed by atoms with Gasteiger partial charge >= 0.3 is 0 Å². The highest BCUT2D eigenvalue weighted by Gasteiger charge is 2.38. The smallest absolute Gasteiger partial charge is 0.225 e. The third kappa shape index (κ3) is 2.00. The molecule has 0 atom stereocenters. The lowest BCUT2D eigenvalue weighted by atomic mass is 9.80. The fourth-order valence-corrected chi connectivity index (χ4v) is 2.02. The average Bonchev–Trinajstić information content (AvgIpc) is 2.18. The van der Waals surface area contributed by atoms with E-state index in [1.165, 1.54) is 6.42 Å². The Bertz CT molecular complexity index is 372. The van der Waals surface area contributed by atoms with Crippen molar-refractivity contribution in [2.24, 2.45) is 5.41 Å². The molecule has 0 bridgehead atoms. The van der Waals surface area contributed by atoms with Gasteiger partial charge in [-0.15, -0.1) is 0 Å². The molecule has 1 aromatic rings. The Labute approximate surface area is 99.0 Å². The van der Waals surface area contributed by atoms with Crippen molar-refractivity contribution in [1.82, 2.24) is 9.97 Å². The van der Waals surface area contributed by atoms with E-state index in [0.717, 1.165) is 29.2 Å². The monoisotopic (exact) mass is 269 g/mol. The van der Waals surface area contributed by atoms with Gasteiger partial charge in [0.25, 0.3) is 0 Å². The van der Waals surface area contributed by atoms with Gasteiger partial charge in [-0.2, -0.15) is 0 Å². The Morgan fingerprint density at radius 3 is 2.73 bits per heavy atom. The Morgan fingerprint density at radius 2 is 2.20 bits per heavy atom. The number of anilines is 1. The zero-order valence-electron chi connectivity index (χ0n) is 9.42. The Hall–Kier alpha value is -0.640. The van der Waals surface area contributed by atoms with E-state index in [1.807, 2.05) is 13.1 Å². The highest BCUT2D eigenvalue weighted by atomic mass is 79.9. The number of aromatic nitrogens is 2. The molecule has 1 aromatic heterocycles. The third-order valence-corrected chi connectivity index (χ3v) is 3.97. The molecule has 0 amide bonds. The Kier molecular flexibility index (Phi) is 2.71. The zero-order valence-corrected chi connectivity index (χ0v) is 11.0. The second-order valence-corrected chi connectivity index (χ2v) is 5.48. The summed E-state index contributed by atoms with van der Waals surface area (Å²) in [6.07, 6.45) is 3.05. The van der Waals surface area contributed by atoms with Crippen LogP contribution < -0.4 is 4.90 Å². The van der Waals surface area contributed by atoms with Crippen LogP contribution in [0, 0.1) is 12.3 Å². The normalized spacial score (nSPS) is 18.8. The van der Waals surface area contributed by atoms with Gasteiger partial charge in [0.15, 0.2) is 0 Å². The van der Waals surface area contributed by atoms with Crippen LogP contribution in [0.1, 0.15) is 26.0 Å². The van der Waals surface area contributed by atoms with Crippen molar-refractivity contribution < 1.29 is 0 Å². The van der Waals surface area contributed by atoms with Gasteiger partial charge in [-0.25, -0.2) is 9.97 Å². The molecule has 1 aliphatic heterocycles. The molecule has 1 aliphatic rings. The van der Waals surface area contributed by atoms with Gasteiger partial charge in [0, 0.05) is 24.7 Å². The summed E-state index contributed by atoms with van der Waals surface area (Å²) in [4.78, 5) is 11.0. The van der Waals surface area contributed by atoms with Gasteiger partial charge in [-0.1, -0.05) is 13.8 Å². The second-order valence-electron chi connectivity index (χ2n) is 4.62. The molecule has 0 aromatic carbocycles. The minimum absolute atomic E-state index is 0.463. The lowest BCUT2D eigenvalue weighted by Gasteiger charge is -2.47. The molecule has 0 radical (unpaired) electrons. The van der Waals surface area contributed by atoms with E-state index in [0.29, 0.717) is 5.41 Å². The number of nitrogens with zero attached hydrogens (tertiary/aromatic N) is 3. The molecule has 2 rings (SSSR count). The van der Waals surface area contributed by atoms with Crippen molar-refractivity contribution in [3.8, 4) is 0 Å². The molecule has 82 valence electrons. The number of halogens is 1. The van der Waals surface area contributed by atoms with E-state index >= 15 is 0 Å². The van der Waals surface area contributed by atoms with E-state index < -0.39 is 0 Å². The van der Waals surface area contributed by atoms with Crippen molar-refractivity contribution in [3.63, 3.8) is 0 Å². The highest BCUT2D eigenvalue weighted by Crippen LogP contribution is 2.35. The van der Waals surface area contributed by atoms with E-state index in [9.17, 15) is 0 Å². The summed E-state index contributed by atoms with van der Waals surface area (Å²) in [6, 6.07) is 0. The maximum Gasteiger partial charge on any atom is 0.225 e. The van der Waals surface area contributed by atoms with Crippen LogP contribution in [0.15, 0.2) is 10.7 Å². The minimum atomic E-state index is 0.463. The predicted molar refractivity (Wildman–Crippen MR) is 65.1 cm³/mol. The molecule has 0 saturated carbocycles. The van der Waals surface area contributed by atoms with Crippen molar-refractivity contribution >= 4 is 21.9 Å². The number of rotatable bonds is 2. The van der Waals surface area contributed by atoms with Gasteiger partial charge in [-0.3, -0.25) is 0 Å². The first-order valence-corrected chi connectivity index (χ1v) is 6.07. The number of hydrogen-bond donors (Lipinski definition) is 0. The summed E-state index contributed by atoms with van der Waals surface area (Å²) in [5, 5.41) is 0. The quantitative estimate of drug-likeness (QED) is 0.827. The number of hydrogen-bond acceptors (Lipinski definition) is 3. The Balaban J connectivity index is 2.10. The summed E-state index contributed by atoms with van der Waals surface area (Å²) in [5.74, 6) is 0.863. The summed E-state index contributed by atoms with van der Waals surface area (Å²) in [5.41, 5.74) is 1.47. The van der Waals surface area contributed by atoms with Crippen LogP contribution in [-0.4, -0.2) is 23.1 Å². The second kappa shape index (κ2) is 3.74. The summed E-state index contributed by atoms with van der Waals surface area (Å²) < 4.78 is 0.977. The van der Waals surface area contributed by atoms with Crippen LogP contribution in [-0.2, 0) is 0 Å². The molecule has 0 spiro atoms. The molecule has 1 saturated heterocycles. The van der Waals surface area contributed by atoms with Gasteiger partial charge in [0.1, 0.15) is 0 Å². The minimum Gasteiger partial charge on any atom is -0.340 e. The summed E-state index contributed by atoms with van der Waals surface area (Å²) in [6.45, 7) is 8.70. The lowest BCUT2D eigenvalue weighted by Crippen LogP contribution is -2.55. The van der Waals surface area contributed by atoms with Crippen LogP contribution in [0.5, 0.6) is 0 Å². The maximum absolute atomic E-state index is 4.46. The van der Waals surface area contributed by atoms with Crippen LogP contribution in [0.3, 0.4) is 0 Å². The molecule has 3 nitrogen and oxygen atoms in total. The van der Waals surface area contributed by atoms with Crippen molar-refractivity contribution in [1.29, 1.82) is 0 Å². The third-order valence-electron chi connectivity index (χ3n) is 3.19. The van der Waals surface area contributed by atoms with E-state index in [2.05, 4.69) is 44.6 Å². The summed E-state index contributed by atoms with van der Waals surface area (Å²) in [7, 11) is 0. The van der Waals surface area contributed by atoms with E-state index in [4.69, 9.17) is 0 Å². The molecule has 0 unspecified atom stereocenters. The molecule has 0 aliphatic carbocycles. The van der Waals surface area contributed by atoms with E-state index in [-0.39, 0.29) is 0 Å². The van der Waals surface area contributed by atoms with Crippen molar-refractivity contribution in [2.75, 3.05) is 18.0 Å². The SMILES string of the molecule is CCC1(C)CN(c2ncc(Br)c(C)n2)C1. The molecule has 2 heterocycles. The first kappa shape index (κ1) is 10.9. The topological polar surface area (TPSA) is 29.0 Å². The van der Waals surface area contributed by atoms with Gasteiger partial charge in [-0.05, 0) is 29.3 Å². The van der Waals surface area contributed by atoms with E-state index in [1.54, 1.807) is 0 Å². The summed E-state index contributed by atoms with van der Waals surface area (Å²) >= 11 is 3.41. The van der Waals surface area contributed by atoms with Crippen molar-refractivity contribution in [2.45, 2.75) is 27.2 Å². The fraction of sp³-hybridized carbons (Fsp3) is 0.636. The maximum atomic E-state index is 4.46. The first-order valence-electron chi connectivity index (χ1n) is 5.28. The van der Waals surface area contributed by atoms with Crippen LogP contribution in [0.25, 0.3) is 0 Å². The predicted octanol–water partition coefficient (Wildman–Crippen LogP) is 2.78. The van der Waals surface area contributed by atoms with Gasteiger partial charge < -0.3 is 4.90 Å². The highest BCUT2D eigenvalue weighted by molar-refractivity contribution is 9.10. The fourth-order valence-electron chi connectivity index (χ4n) is 1.83. The van der Waals surface area contributed by atoms with Gasteiger partial charge in [0.05, 0.1) is 10.2 Å². The molecule has 1 fully saturated rings. The first-order chi connectivity index (χ1) is 7.04. The van der Waals surface area contributed by atoms with Crippen LogP contribution in [0.4, 0.5) is 5.95 Å². The Morgan fingerprint density at radius 1 is 1.53 bits per heavy atom. The molecule has 15 heavy (non-hydrogen) atoms. The number of aryl methyl sites for hydroxylation is 1. The van der Waals surface area contributed by atoms with Crippen LogP contribution >= 0.6 is 15.9 Å². The molecule has 4 heteroatoms. The standard InChI is InChI=1S/C11H16BrN3/c1-4-11(3)6-15(7-11)10-13-5-9(12)8(2)14-10/h5H,4,6-7H2,1-3H3. The largest absolute Gasteiger partial charge is 0.340 e. The van der Waals surface area contributed by atoms with Crippen LogP contribution in [0.2, 0.25) is 0 Å². The van der Waals surface area contributed by atoms with Crippen molar-refractivity contribution in [3.05, 3.63) is 16.4 Å². The molecular weight excluding hydrogens is 254 g/mol. The lowest BCUT2D eigenvalue weighted by molar-refractivity contribution is 0.230. The average molecular weight is 270 g/mol. The molecule has 0 N–H and O–H groups in total. The zero-order chi connectivity index (χ0) is 11.1. The van der Waals surface area contributed by atoms with Gasteiger partial charge in [0.2, 0.25) is 5.95 Å². The molecular formula is C11H16BrN3.